The smallest absolute Gasteiger partial charge is 0.220 e. The average molecular weight is 254 g/mol. The molecule has 3 nitrogen and oxygen atoms in total. The molecular formula is C15H30N2O. The van der Waals surface area contributed by atoms with Crippen molar-refractivity contribution in [2.45, 2.75) is 58.8 Å². The van der Waals surface area contributed by atoms with E-state index >= 15 is 0 Å². The summed E-state index contributed by atoms with van der Waals surface area (Å²) >= 11 is 0. The number of rotatable bonds is 8. The lowest BCUT2D eigenvalue weighted by Gasteiger charge is -2.22. The third-order valence-corrected chi connectivity index (χ3v) is 3.77. The fourth-order valence-corrected chi connectivity index (χ4v) is 2.50. The van der Waals surface area contributed by atoms with Gasteiger partial charge in [0, 0.05) is 13.0 Å². The highest BCUT2D eigenvalue weighted by Crippen LogP contribution is 2.17. The number of unbranched alkanes of at least 4 members (excludes halogenated alkanes) is 1. The third-order valence-electron chi connectivity index (χ3n) is 3.77. The number of nitrogens with one attached hydrogen (secondary N) is 2. The van der Waals surface area contributed by atoms with Crippen molar-refractivity contribution in [3.63, 3.8) is 0 Å². The predicted molar refractivity (Wildman–Crippen MR) is 76.5 cm³/mol. The number of hydrogen-bond acceptors (Lipinski definition) is 2. The number of carbonyl (C=O) groups is 1. The average Bonchev–Trinajstić information content (AvgIpc) is 2.37. The van der Waals surface area contributed by atoms with E-state index in [1.54, 1.807) is 0 Å². The summed E-state index contributed by atoms with van der Waals surface area (Å²) in [4.78, 5) is 11.7. The monoisotopic (exact) mass is 254 g/mol. The molecule has 0 aliphatic carbocycles. The number of hydrogen-bond donors (Lipinski definition) is 2. The molecule has 1 fully saturated rings. The van der Waals surface area contributed by atoms with Crippen LogP contribution < -0.4 is 10.6 Å². The summed E-state index contributed by atoms with van der Waals surface area (Å²) in [6.45, 7) is 7.61. The second kappa shape index (κ2) is 9.37. The first kappa shape index (κ1) is 15.5. The topological polar surface area (TPSA) is 41.1 Å². The zero-order chi connectivity index (χ0) is 13.2. The van der Waals surface area contributed by atoms with Crippen LogP contribution in [0.25, 0.3) is 0 Å². The second-order valence-corrected chi connectivity index (χ2v) is 5.97. The summed E-state index contributed by atoms with van der Waals surface area (Å²) in [5, 5.41) is 6.40. The van der Waals surface area contributed by atoms with Crippen molar-refractivity contribution in [3.8, 4) is 0 Å². The minimum Gasteiger partial charge on any atom is -0.356 e. The molecule has 0 aromatic heterocycles. The minimum absolute atomic E-state index is 0.248. The molecule has 0 aromatic rings. The molecule has 1 amide bonds. The van der Waals surface area contributed by atoms with E-state index in [0.29, 0.717) is 0 Å². The van der Waals surface area contributed by atoms with Gasteiger partial charge >= 0.3 is 0 Å². The molecule has 1 aliphatic rings. The number of piperidine rings is 1. The quantitative estimate of drug-likeness (QED) is 0.654. The lowest BCUT2D eigenvalue weighted by atomic mass is 9.93. The van der Waals surface area contributed by atoms with Crippen molar-refractivity contribution in [1.82, 2.24) is 10.6 Å². The Morgan fingerprint density at radius 1 is 1.28 bits per heavy atom. The van der Waals surface area contributed by atoms with E-state index in [0.717, 1.165) is 50.7 Å². The maximum atomic E-state index is 11.7. The molecule has 106 valence electrons. The number of carbonyl (C=O) groups excluding carboxylic acids is 1. The van der Waals surface area contributed by atoms with E-state index in [1.165, 1.54) is 25.7 Å². The Balaban J connectivity index is 1.93. The first-order valence-corrected chi connectivity index (χ1v) is 7.66. The van der Waals surface area contributed by atoms with Crippen LogP contribution in [0.3, 0.4) is 0 Å². The van der Waals surface area contributed by atoms with Gasteiger partial charge in [-0.15, -0.1) is 0 Å². The highest BCUT2D eigenvalue weighted by Gasteiger charge is 2.14. The maximum absolute atomic E-state index is 11.7. The largest absolute Gasteiger partial charge is 0.356 e. The van der Waals surface area contributed by atoms with Gasteiger partial charge in [0.1, 0.15) is 0 Å². The second-order valence-electron chi connectivity index (χ2n) is 5.97. The van der Waals surface area contributed by atoms with Crippen LogP contribution in [0.1, 0.15) is 58.8 Å². The van der Waals surface area contributed by atoms with Crippen molar-refractivity contribution < 1.29 is 4.79 Å². The normalized spacial score (nSPS) is 17.1. The van der Waals surface area contributed by atoms with Crippen molar-refractivity contribution in [1.29, 1.82) is 0 Å². The van der Waals surface area contributed by atoms with Crippen LogP contribution in [0.5, 0.6) is 0 Å². The molecule has 3 heteroatoms. The molecule has 0 aromatic carbocycles. The van der Waals surface area contributed by atoms with Gasteiger partial charge in [-0.3, -0.25) is 4.79 Å². The molecule has 0 radical (unpaired) electrons. The molecule has 18 heavy (non-hydrogen) atoms. The van der Waals surface area contributed by atoms with Gasteiger partial charge < -0.3 is 10.6 Å². The van der Waals surface area contributed by atoms with E-state index < -0.39 is 0 Å². The first-order valence-electron chi connectivity index (χ1n) is 7.66. The maximum Gasteiger partial charge on any atom is 0.220 e. The molecule has 1 rings (SSSR count). The molecule has 0 unspecified atom stereocenters. The van der Waals surface area contributed by atoms with Crippen LogP contribution in [-0.2, 0) is 4.79 Å². The Bertz CT molecular complexity index is 223. The highest BCUT2D eigenvalue weighted by molar-refractivity contribution is 5.75. The summed E-state index contributed by atoms with van der Waals surface area (Å²) in [5.74, 6) is 1.79. The molecule has 1 aliphatic heterocycles. The molecule has 1 heterocycles. The molecule has 1 saturated heterocycles. The van der Waals surface area contributed by atoms with E-state index in [2.05, 4.69) is 24.5 Å². The van der Waals surface area contributed by atoms with Crippen LogP contribution in [-0.4, -0.2) is 25.5 Å². The predicted octanol–water partition coefficient (Wildman–Crippen LogP) is 2.71. The summed E-state index contributed by atoms with van der Waals surface area (Å²) in [5.41, 5.74) is 0. The minimum atomic E-state index is 0.248. The van der Waals surface area contributed by atoms with Crippen LogP contribution >= 0.6 is 0 Å². The fraction of sp³-hybridized carbons (Fsp3) is 0.933. The summed E-state index contributed by atoms with van der Waals surface area (Å²) in [7, 11) is 0. The molecule has 0 atom stereocenters. The standard InChI is InChI=1S/C15H30N2O/c1-13(2)5-3-4-10-17-15(18)7-6-14-8-11-16-12-9-14/h13-14,16H,3-12H2,1-2H3,(H,17,18). The Kier molecular flexibility index (Phi) is 8.06. The van der Waals surface area contributed by atoms with Gasteiger partial charge in [0.25, 0.3) is 0 Å². The molecule has 0 saturated carbocycles. The van der Waals surface area contributed by atoms with Gasteiger partial charge in [-0.25, -0.2) is 0 Å². The van der Waals surface area contributed by atoms with Gasteiger partial charge in [-0.2, -0.15) is 0 Å². The number of amides is 1. The van der Waals surface area contributed by atoms with E-state index in [-0.39, 0.29) is 5.91 Å². The van der Waals surface area contributed by atoms with Gasteiger partial charge in [0.15, 0.2) is 0 Å². The Hall–Kier alpha value is -0.570. The molecule has 0 bridgehead atoms. The van der Waals surface area contributed by atoms with Crippen LogP contribution in [0.4, 0.5) is 0 Å². The van der Waals surface area contributed by atoms with Gasteiger partial charge in [0.2, 0.25) is 5.91 Å². The molecular weight excluding hydrogens is 224 g/mol. The molecule has 0 spiro atoms. The van der Waals surface area contributed by atoms with E-state index in [1.807, 2.05) is 0 Å². The Labute approximate surface area is 112 Å². The summed E-state index contributed by atoms with van der Waals surface area (Å²) in [6.07, 6.45) is 7.88. The zero-order valence-electron chi connectivity index (χ0n) is 12.1. The fourth-order valence-electron chi connectivity index (χ4n) is 2.50. The van der Waals surface area contributed by atoms with Crippen LogP contribution in [0, 0.1) is 11.8 Å². The summed E-state index contributed by atoms with van der Waals surface area (Å²) in [6, 6.07) is 0. The Morgan fingerprint density at radius 2 is 2.00 bits per heavy atom. The van der Waals surface area contributed by atoms with E-state index in [9.17, 15) is 4.79 Å². The van der Waals surface area contributed by atoms with E-state index in [4.69, 9.17) is 0 Å². The van der Waals surface area contributed by atoms with Gasteiger partial charge in [-0.1, -0.05) is 26.7 Å². The van der Waals surface area contributed by atoms with Crippen molar-refractivity contribution in [2.75, 3.05) is 19.6 Å². The van der Waals surface area contributed by atoms with Crippen molar-refractivity contribution in [2.24, 2.45) is 11.8 Å². The lowest BCUT2D eigenvalue weighted by Crippen LogP contribution is -2.29. The molecule has 2 N–H and O–H groups in total. The highest BCUT2D eigenvalue weighted by atomic mass is 16.1. The van der Waals surface area contributed by atoms with Gasteiger partial charge in [-0.05, 0) is 50.6 Å². The van der Waals surface area contributed by atoms with Gasteiger partial charge in [0.05, 0.1) is 0 Å². The van der Waals surface area contributed by atoms with Crippen molar-refractivity contribution in [3.05, 3.63) is 0 Å². The Morgan fingerprint density at radius 3 is 2.67 bits per heavy atom. The van der Waals surface area contributed by atoms with Crippen LogP contribution in [0.2, 0.25) is 0 Å². The third kappa shape index (κ3) is 7.70. The van der Waals surface area contributed by atoms with Crippen LogP contribution in [0.15, 0.2) is 0 Å². The SMILES string of the molecule is CC(C)CCCCNC(=O)CCC1CCNCC1. The lowest BCUT2D eigenvalue weighted by molar-refractivity contribution is -0.121. The zero-order valence-corrected chi connectivity index (χ0v) is 12.1. The summed E-state index contributed by atoms with van der Waals surface area (Å²) < 4.78 is 0. The first-order chi connectivity index (χ1) is 8.68. The van der Waals surface area contributed by atoms with Crippen molar-refractivity contribution >= 4 is 5.91 Å².